The van der Waals surface area contributed by atoms with E-state index in [1.54, 1.807) is 6.20 Å². The Morgan fingerprint density at radius 3 is 1.81 bits per heavy atom. The Balaban J connectivity index is 1.19. The van der Waals surface area contributed by atoms with Gasteiger partial charge in [-0.2, -0.15) is 0 Å². The van der Waals surface area contributed by atoms with E-state index < -0.39 is 0 Å². The lowest BCUT2D eigenvalue weighted by Crippen LogP contribution is -2.00. The van der Waals surface area contributed by atoms with E-state index in [0.29, 0.717) is 28.9 Å². The summed E-state index contributed by atoms with van der Waals surface area (Å²) >= 11 is 0. The summed E-state index contributed by atoms with van der Waals surface area (Å²) in [6, 6.07) is 44.0. The van der Waals surface area contributed by atoms with Crippen molar-refractivity contribution in [3.8, 4) is 56.8 Å². The molecule has 5 aromatic heterocycles. The summed E-state index contributed by atoms with van der Waals surface area (Å²) in [6.07, 6.45) is 3.65. The molecule has 0 aliphatic carbocycles. The van der Waals surface area contributed by atoms with E-state index >= 15 is 0 Å². The zero-order chi connectivity index (χ0) is 31.2. The van der Waals surface area contributed by atoms with Crippen LogP contribution in [-0.2, 0) is 0 Å². The summed E-state index contributed by atoms with van der Waals surface area (Å²) < 4.78 is 6.16. The number of rotatable bonds is 5. The number of hydrogen-bond acceptors (Lipinski definition) is 7. The smallest absolute Gasteiger partial charge is 0.164 e. The average Bonchev–Trinajstić information content (AvgIpc) is 3.53. The van der Waals surface area contributed by atoms with Gasteiger partial charge in [-0.3, -0.25) is 9.97 Å². The predicted octanol–water partition coefficient (Wildman–Crippen LogP) is 9.44. The Morgan fingerprint density at radius 1 is 0.404 bits per heavy atom. The Morgan fingerprint density at radius 2 is 1.04 bits per heavy atom. The minimum Gasteiger partial charge on any atom is -0.456 e. The van der Waals surface area contributed by atoms with Crippen molar-refractivity contribution in [3.63, 3.8) is 0 Å². The summed E-state index contributed by atoms with van der Waals surface area (Å²) in [5, 5.41) is 2.94. The molecule has 0 atom stereocenters. The zero-order valence-corrected chi connectivity index (χ0v) is 24.9. The van der Waals surface area contributed by atoms with Crippen molar-refractivity contribution in [2.24, 2.45) is 0 Å². The Hall–Kier alpha value is -6.60. The van der Waals surface area contributed by atoms with Gasteiger partial charge in [-0.25, -0.2) is 19.9 Å². The first kappa shape index (κ1) is 26.8. The second-order valence-electron chi connectivity index (χ2n) is 11.2. The first-order valence-electron chi connectivity index (χ1n) is 15.3. The molecule has 0 amide bonds. The van der Waals surface area contributed by atoms with Crippen molar-refractivity contribution in [1.82, 2.24) is 29.9 Å². The molecule has 0 aliphatic rings. The van der Waals surface area contributed by atoms with Crippen LogP contribution in [-0.4, -0.2) is 29.9 Å². The number of nitrogens with zero attached hydrogens (tertiary/aromatic N) is 6. The van der Waals surface area contributed by atoms with E-state index in [4.69, 9.17) is 34.3 Å². The van der Waals surface area contributed by atoms with Crippen molar-refractivity contribution in [2.75, 3.05) is 0 Å². The van der Waals surface area contributed by atoms with Crippen LogP contribution in [0.4, 0.5) is 0 Å². The predicted molar refractivity (Wildman–Crippen MR) is 185 cm³/mol. The first-order valence-corrected chi connectivity index (χ1v) is 15.3. The van der Waals surface area contributed by atoms with Gasteiger partial charge in [-0.05, 0) is 30.3 Å². The molecular weight excluding hydrogens is 580 g/mol. The lowest BCUT2D eigenvalue weighted by molar-refractivity contribution is 0.668. The molecule has 7 nitrogen and oxygen atoms in total. The molecule has 0 radical (unpaired) electrons. The second-order valence-corrected chi connectivity index (χ2v) is 11.2. The fourth-order valence-corrected chi connectivity index (χ4v) is 5.93. The van der Waals surface area contributed by atoms with Crippen LogP contribution < -0.4 is 0 Å². The largest absolute Gasteiger partial charge is 0.456 e. The summed E-state index contributed by atoms with van der Waals surface area (Å²) in [4.78, 5) is 29.4. The molecule has 47 heavy (non-hydrogen) atoms. The van der Waals surface area contributed by atoms with Crippen molar-refractivity contribution >= 4 is 32.8 Å². The van der Waals surface area contributed by atoms with E-state index in [1.807, 2.05) is 128 Å². The highest BCUT2D eigenvalue weighted by Gasteiger charge is 2.17. The van der Waals surface area contributed by atoms with Gasteiger partial charge in [0.1, 0.15) is 11.2 Å². The number of para-hydroxylation sites is 1. The SMILES string of the molecule is c1ccc(-c2nc(-c3ccccc3)nc(-c3cccc(-c4nc(-c5cc6oc7ccccc7c6cn5)cc5ncccc45)c3)n2)cc1. The summed E-state index contributed by atoms with van der Waals surface area (Å²) in [5.41, 5.74) is 8.23. The molecule has 9 aromatic rings. The Labute approximate surface area is 269 Å². The third-order valence-corrected chi connectivity index (χ3v) is 8.22. The maximum Gasteiger partial charge on any atom is 0.164 e. The van der Waals surface area contributed by atoms with E-state index in [9.17, 15) is 0 Å². The summed E-state index contributed by atoms with van der Waals surface area (Å²) in [6.45, 7) is 0. The lowest BCUT2D eigenvalue weighted by Gasteiger charge is -2.11. The second kappa shape index (κ2) is 11.1. The molecule has 0 spiro atoms. The van der Waals surface area contributed by atoms with Crippen LogP contribution in [0, 0.1) is 0 Å². The van der Waals surface area contributed by atoms with Gasteiger partial charge in [0.05, 0.1) is 22.6 Å². The van der Waals surface area contributed by atoms with Crippen LogP contribution >= 0.6 is 0 Å². The van der Waals surface area contributed by atoms with Gasteiger partial charge < -0.3 is 4.42 Å². The molecule has 0 bridgehead atoms. The molecule has 4 aromatic carbocycles. The van der Waals surface area contributed by atoms with E-state index in [-0.39, 0.29) is 0 Å². The maximum absolute atomic E-state index is 6.16. The molecule has 220 valence electrons. The molecular formula is C40H24N6O. The number of pyridine rings is 3. The standard InChI is InChI=1S/C40H24N6O/c1-3-11-25(12-4-1)38-44-39(26-13-5-2-6-14-26)46-40(45-38)28-16-9-15-27(21-28)37-30-18-10-20-41-32(30)22-34(43-37)33-23-36-31(24-42-33)29-17-7-8-19-35(29)47-36/h1-24H. The molecule has 9 rings (SSSR count). The highest BCUT2D eigenvalue weighted by atomic mass is 16.3. The maximum atomic E-state index is 6.16. The highest BCUT2D eigenvalue weighted by Crippen LogP contribution is 2.35. The molecule has 0 N–H and O–H groups in total. The van der Waals surface area contributed by atoms with Crippen molar-refractivity contribution in [2.45, 2.75) is 0 Å². The molecule has 0 aliphatic heterocycles. The molecule has 7 heteroatoms. The van der Waals surface area contributed by atoms with Gasteiger partial charge in [-0.1, -0.05) is 97.1 Å². The molecule has 5 heterocycles. The van der Waals surface area contributed by atoms with Gasteiger partial charge in [0.25, 0.3) is 0 Å². The molecule has 0 saturated carbocycles. The van der Waals surface area contributed by atoms with Crippen molar-refractivity contribution < 1.29 is 4.42 Å². The lowest BCUT2D eigenvalue weighted by atomic mass is 10.0. The molecule has 0 saturated heterocycles. The monoisotopic (exact) mass is 604 g/mol. The number of furan rings is 1. The van der Waals surface area contributed by atoms with Crippen LogP contribution in [0.2, 0.25) is 0 Å². The third kappa shape index (κ3) is 4.87. The topological polar surface area (TPSA) is 90.5 Å². The first-order chi connectivity index (χ1) is 23.3. The number of hydrogen-bond donors (Lipinski definition) is 0. The van der Waals surface area contributed by atoms with E-state index in [1.165, 1.54) is 0 Å². The minimum absolute atomic E-state index is 0.579. The van der Waals surface area contributed by atoms with Gasteiger partial charge in [0, 0.05) is 56.9 Å². The minimum atomic E-state index is 0.579. The fraction of sp³-hybridized carbons (Fsp3) is 0. The number of aromatic nitrogens is 6. The van der Waals surface area contributed by atoms with E-state index in [0.717, 1.165) is 60.8 Å². The Kier molecular flexibility index (Phi) is 6.31. The van der Waals surface area contributed by atoms with E-state index in [2.05, 4.69) is 12.1 Å². The van der Waals surface area contributed by atoms with Gasteiger partial charge >= 0.3 is 0 Å². The summed E-state index contributed by atoms with van der Waals surface area (Å²) in [7, 11) is 0. The highest BCUT2D eigenvalue weighted by molar-refractivity contribution is 6.05. The summed E-state index contributed by atoms with van der Waals surface area (Å²) in [5.74, 6) is 1.80. The van der Waals surface area contributed by atoms with Gasteiger partial charge in [0.2, 0.25) is 0 Å². The number of benzene rings is 4. The van der Waals surface area contributed by atoms with Crippen LogP contribution in [0.15, 0.2) is 150 Å². The molecule has 0 fully saturated rings. The van der Waals surface area contributed by atoms with Crippen LogP contribution in [0.1, 0.15) is 0 Å². The van der Waals surface area contributed by atoms with Gasteiger partial charge in [-0.15, -0.1) is 0 Å². The third-order valence-electron chi connectivity index (χ3n) is 8.22. The Bertz CT molecular complexity index is 2520. The van der Waals surface area contributed by atoms with Crippen LogP contribution in [0.3, 0.4) is 0 Å². The zero-order valence-electron chi connectivity index (χ0n) is 24.9. The van der Waals surface area contributed by atoms with Crippen LogP contribution in [0.5, 0.6) is 0 Å². The quantitative estimate of drug-likeness (QED) is 0.193. The van der Waals surface area contributed by atoms with Crippen LogP contribution in [0.25, 0.3) is 89.7 Å². The normalized spacial score (nSPS) is 11.4. The fourth-order valence-electron chi connectivity index (χ4n) is 5.93. The van der Waals surface area contributed by atoms with Crippen molar-refractivity contribution in [1.29, 1.82) is 0 Å². The number of fused-ring (bicyclic) bond motifs is 4. The average molecular weight is 605 g/mol. The molecule has 0 unspecified atom stereocenters. The van der Waals surface area contributed by atoms with Crippen molar-refractivity contribution in [3.05, 3.63) is 146 Å². The van der Waals surface area contributed by atoms with Gasteiger partial charge in [0.15, 0.2) is 17.5 Å².